The van der Waals surface area contributed by atoms with Gasteiger partial charge in [-0.15, -0.1) is 0 Å². The molecule has 0 aromatic heterocycles. The van der Waals surface area contributed by atoms with Crippen molar-refractivity contribution in [1.29, 1.82) is 0 Å². The van der Waals surface area contributed by atoms with Crippen molar-refractivity contribution in [3.63, 3.8) is 0 Å². The molecule has 0 amide bonds. The molecule has 0 bridgehead atoms. The molecule has 13 heavy (non-hydrogen) atoms. The minimum Gasteiger partial charge on any atom is -0.321 e. The Balaban J connectivity index is 2.43. The Labute approximate surface area is 80.0 Å². The van der Waals surface area contributed by atoms with Gasteiger partial charge in [0.1, 0.15) is 0 Å². The summed E-state index contributed by atoms with van der Waals surface area (Å²) in [5, 5.41) is 0. The van der Waals surface area contributed by atoms with Crippen LogP contribution < -0.4 is 5.73 Å². The molecule has 0 radical (unpaired) electrons. The predicted molar refractivity (Wildman–Crippen MR) is 55.6 cm³/mol. The highest BCUT2D eigenvalue weighted by Gasteiger charge is 2.35. The summed E-state index contributed by atoms with van der Waals surface area (Å²) in [6.07, 6.45) is 3.58. The Kier molecular flexibility index (Phi) is 1.92. The molecule has 1 saturated carbocycles. The van der Waals surface area contributed by atoms with Gasteiger partial charge < -0.3 is 5.73 Å². The van der Waals surface area contributed by atoms with Gasteiger partial charge in [-0.1, -0.05) is 23.8 Å². The number of hydrogen-bond acceptors (Lipinski definition) is 1. The lowest BCUT2D eigenvalue weighted by molar-refractivity contribution is 0.252. The van der Waals surface area contributed by atoms with E-state index in [9.17, 15) is 0 Å². The Morgan fingerprint density at radius 1 is 1.23 bits per heavy atom. The normalized spacial score (nSPS) is 19.6. The molecule has 0 unspecified atom stereocenters. The Morgan fingerprint density at radius 3 is 2.46 bits per heavy atom. The number of benzene rings is 1. The van der Waals surface area contributed by atoms with Gasteiger partial charge in [-0.05, 0) is 44.2 Å². The fourth-order valence-electron chi connectivity index (χ4n) is 2.10. The average Bonchev–Trinajstić information content (AvgIpc) is 2.05. The van der Waals surface area contributed by atoms with Crippen molar-refractivity contribution in [2.24, 2.45) is 5.73 Å². The van der Waals surface area contributed by atoms with Crippen LogP contribution in [0.3, 0.4) is 0 Å². The molecule has 0 spiro atoms. The van der Waals surface area contributed by atoms with Gasteiger partial charge in [0, 0.05) is 5.54 Å². The van der Waals surface area contributed by atoms with Crippen LogP contribution in [0.4, 0.5) is 0 Å². The number of hydrogen-bond donors (Lipinski definition) is 1. The SMILES string of the molecule is Cc1ccc(C)c(C2(N)CCC2)c1. The molecule has 70 valence electrons. The minimum absolute atomic E-state index is 0.00387. The van der Waals surface area contributed by atoms with E-state index in [2.05, 4.69) is 32.0 Å². The van der Waals surface area contributed by atoms with E-state index in [-0.39, 0.29) is 5.54 Å². The van der Waals surface area contributed by atoms with Crippen molar-refractivity contribution in [1.82, 2.24) is 0 Å². The van der Waals surface area contributed by atoms with Crippen molar-refractivity contribution in [2.75, 3.05) is 0 Å². The third-order valence-electron chi connectivity index (χ3n) is 3.18. The summed E-state index contributed by atoms with van der Waals surface area (Å²) in [5.74, 6) is 0. The lowest BCUT2D eigenvalue weighted by atomic mass is 9.71. The molecule has 0 heterocycles. The molecular weight excluding hydrogens is 158 g/mol. The second kappa shape index (κ2) is 2.85. The van der Waals surface area contributed by atoms with E-state index in [1.807, 2.05) is 0 Å². The smallest absolute Gasteiger partial charge is 0.0412 e. The van der Waals surface area contributed by atoms with Gasteiger partial charge in [-0.2, -0.15) is 0 Å². The Bertz CT molecular complexity index is 324. The molecule has 0 aliphatic heterocycles. The molecule has 2 N–H and O–H groups in total. The van der Waals surface area contributed by atoms with Crippen LogP contribution in [0.2, 0.25) is 0 Å². The highest BCUT2D eigenvalue weighted by atomic mass is 14.8. The molecule has 1 aromatic rings. The first-order chi connectivity index (χ1) is 6.12. The van der Waals surface area contributed by atoms with Gasteiger partial charge in [0.2, 0.25) is 0 Å². The highest BCUT2D eigenvalue weighted by molar-refractivity contribution is 5.37. The minimum atomic E-state index is -0.00387. The van der Waals surface area contributed by atoms with E-state index < -0.39 is 0 Å². The summed E-state index contributed by atoms with van der Waals surface area (Å²) in [4.78, 5) is 0. The predicted octanol–water partition coefficient (Wildman–Crippen LogP) is 2.64. The highest BCUT2D eigenvalue weighted by Crippen LogP contribution is 2.40. The van der Waals surface area contributed by atoms with E-state index in [0.717, 1.165) is 12.8 Å². The first kappa shape index (κ1) is 8.76. The second-order valence-corrected chi connectivity index (χ2v) is 4.33. The van der Waals surface area contributed by atoms with Gasteiger partial charge in [0.25, 0.3) is 0 Å². The van der Waals surface area contributed by atoms with Crippen LogP contribution in [0.5, 0.6) is 0 Å². The van der Waals surface area contributed by atoms with Crippen LogP contribution in [-0.2, 0) is 5.54 Å². The molecule has 1 heteroatoms. The Hall–Kier alpha value is -0.820. The zero-order valence-electron chi connectivity index (χ0n) is 8.43. The van der Waals surface area contributed by atoms with Crippen molar-refractivity contribution in [3.8, 4) is 0 Å². The van der Waals surface area contributed by atoms with Gasteiger partial charge in [-0.25, -0.2) is 0 Å². The molecule has 1 nitrogen and oxygen atoms in total. The first-order valence-corrected chi connectivity index (χ1v) is 4.98. The monoisotopic (exact) mass is 175 g/mol. The maximum absolute atomic E-state index is 6.29. The number of rotatable bonds is 1. The molecule has 1 aliphatic carbocycles. The first-order valence-electron chi connectivity index (χ1n) is 4.98. The van der Waals surface area contributed by atoms with E-state index in [4.69, 9.17) is 5.73 Å². The van der Waals surface area contributed by atoms with Crippen LogP contribution >= 0.6 is 0 Å². The van der Waals surface area contributed by atoms with Gasteiger partial charge in [-0.3, -0.25) is 0 Å². The summed E-state index contributed by atoms with van der Waals surface area (Å²) >= 11 is 0. The largest absolute Gasteiger partial charge is 0.321 e. The van der Waals surface area contributed by atoms with E-state index in [1.165, 1.54) is 23.1 Å². The third kappa shape index (κ3) is 1.37. The third-order valence-corrected chi connectivity index (χ3v) is 3.18. The average molecular weight is 175 g/mol. The van der Waals surface area contributed by atoms with Crippen LogP contribution in [0.25, 0.3) is 0 Å². The number of nitrogens with two attached hydrogens (primary N) is 1. The van der Waals surface area contributed by atoms with Crippen LogP contribution in [0, 0.1) is 13.8 Å². The van der Waals surface area contributed by atoms with E-state index >= 15 is 0 Å². The lowest BCUT2D eigenvalue weighted by Gasteiger charge is -2.39. The maximum atomic E-state index is 6.29. The van der Waals surface area contributed by atoms with E-state index in [0.29, 0.717) is 0 Å². The lowest BCUT2D eigenvalue weighted by Crippen LogP contribution is -2.43. The molecule has 0 saturated heterocycles. The quantitative estimate of drug-likeness (QED) is 0.697. The Morgan fingerprint density at radius 2 is 1.92 bits per heavy atom. The maximum Gasteiger partial charge on any atom is 0.0412 e. The molecule has 1 fully saturated rings. The zero-order valence-corrected chi connectivity index (χ0v) is 8.43. The summed E-state index contributed by atoms with van der Waals surface area (Å²) < 4.78 is 0. The molecule has 0 atom stereocenters. The molecular formula is C12H17N. The van der Waals surface area contributed by atoms with Gasteiger partial charge in [0.15, 0.2) is 0 Å². The van der Waals surface area contributed by atoms with Crippen molar-refractivity contribution < 1.29 is 0 Å². The fourth-order valence-corrected chi connectivity index (χ4v) is 2.10. The van der Waals surface area contributed by atoms with Crippen molar-refractivity contribution in [2.45, 2.75) is 38.6 Å². The molecule has 2 rings (SSSR count). The topological polar surface area (TPSA) is 26.0 Å². The van der Waals surface area contributed by atoms with Crippen molar-refractivity contribution >= 4 is 0 Å². The summed E-state index contributed by atoms with van der Waals surface area (Å²) in [6.45, 7) is 4.28. The van der Waals surface area contributed by atoms with Crippen molar-refractivity contribution in [3.05, 3.63) is 34.9 Å². The molecule has 1 aliphatic rings. The van der Waals surface area contributed by atoms with Gasteiger partial charge >= 0.3 is 0 Å². The summed E-state index contributed by atoms with van der Waals surface area (Å²) in [7, 11) is 0. The van der Waals surface area contributed by atoms with Crippen LogP contribution in [0.1, 0.15) is 36.0 Å². The van der Waals surface area contributed by atoms with Gasteiger partial charge in [0.05, 0.1) is 0 Å². The standard InChI is InChI=1S/C12H17N/c1-9-4-5-10(2)11(8-9)12(13)6-3-7-12/h4-5,8H,3,6-7,13H2,1-2H3. The molecule has 1 aromatic carbocycles. The zero-order chi connectivity index (χ0) is 9.47. The van der Waals surface area contributed by atoms with Crippen LogP contribution in [0.15, 0.2) is 18.2 Å². The summed E-state index contributed by atoms with van der Waals surface area (Å²) in [5.41, 5.74) is 10.3. The van der Waals surface area contributed by atoms with Crippen LogP contribution in [-0.4, -0.2) is 0 Å². The summed E-state index contributed by atoms with van der Waals surface area (Å²) in [6, 6.07) is 6.58. The second-order valence-electron chi connectivity index (χ2n) is 4.33. The fraction of sp³-hybridized carbons (Fsp3) is 0.500. The van der Waals surface area contributed by atoms with E-state index in [1.54, 1.807) is 0 Å². The number of aryl methyl sites for hydroxylation is 2.